The maximum absolute atomic E-state index is 12.8. The third kappa shape index (κ3) is 2.41. The highest BCUT2D eigenvalue weighted by molar-refractivity contribution is 5.94. The average molecular weight is 298 g/mol. The molecule has 1 fully saturated rings. The van der Waals surface area contributed by atoms with Gasteiger partial charge in [0.05, 0.1) is 5.54 Å². The smallest absolute Gasteiger partial charge is 0.254 e. The summed E-state index contributed by atoms with van der Waals surface area (Å²) < 4.78 is 0. The molecule has 6 heteroatoms. The summed E-state index contributed by atoms with van der Waals surface area (Å²) in [5, 5.41) is 0. The molecular weight excluding hydrogens is 280 g/mol. The first-order valence-corrected chi connectivity index (χ1v) is 7.31. The molecule has 0 radical (unpaired) electrons. The summed E-state index contributed by atoms with van der Waals surface area (Å²) in [4.78, 5) is 37.5. The van der Waals surface area contributed by atoms with Crippen LogP contribution in [0.4, 0.5) is 0 Å². The van der Waals surface area contributed by atoms with Crippen molar-refractivity contribution >= 4 is 5.91 Å². The molecule has 2 aromatic rings. The van der Waals surface area contributed by atoms with Gasteiger partial charge in [0.1, 0.15) is 5.82 Å². The van der Waals surface area contributed by atoms with Gasteiger partial charge in [0.15, 0.2) is 0 Å². The van der Waals surface area contributed by atoms with Crippen molar-refractivity contribution < 1.29 is 4.79 Å². The van der Waals surface area contributed by atoms with Crippen LogP contribution in [0.15, 0.2) is 35.4 Å². The molecule has 114 valence electrons. The van der Waals surface area contributed by atoms with Crippen LogP contribution in [0.5, 0.6) is 0 Å². The standard InChI is InChI=1S/C16H18N4O2/c1-11-10-13(21)19-15(18-11)16(2)6-3-9-20(16)14(22)12-4-7-17-8-5-12/h4-5,7-8,10H,3,6,9H2,1-2H3,(H,18,19,21)/t16-/m1/s1. The number of H-pyrrole nitrogens is 1. The van der Waals surface area contributed by atoms with Gasteiger partial charge in [0, 0.05) is 36.3 Å². The number of nitrogens with one attached hydrogen (secondary N) is 1. The van der Waals surface area contributed by atoms with E-state index in [2.05, 4.69) is 15.0 Å². The van der Waals surface area contributed by atoms with E-state index < -0.39 is 5.54 Å². The van der Waals surface area contributed by atoms with Crippen molar-refractivity contribution in [3.05, 3.63) is 58.0 Å². The lowest BCUT2D eigenvalue weighted by atomic mass is 9.96. The molecule has 0 aliphatic carbocycles. The second-order valence-electron chi connectivity index (χ2n) is 5.81. The van der Waals surface area contributed by atoms with Crippen molar-refractivity contribution in [3.8, 4) is 0 Å². The van der Waals surface area contributed by atoms with E-state index in [0.717, 1.165) is 12.8 Å². The van der Waals surface area contributed by atoms with Gasteiger partial charge in [-0.15, -0.1) is 0 Å². The fraction of sp³-hybridized carbons (Fsp3) is 0.375. The van der Waals surface area contributed by atoms with E-state index in [1.165, 1.54) is 6.07 Å². The molecule has 3 heterocycles. The van der Waals surface area contributed by atoms with E-state index >= 15 is 0 Å². The number of carbonyl (C=O) groups excluding carboxylic acids is 1. The van der Waals surface area contributed by atoms with Crippen molar-refractivity contribution in [1.29, 1.82) is 0 Å². The molecule has 0 saturated carbocycles. The van der Waals surface area contributed by atoms with Crippen molar-refractivity contribution in [2.45, 2.75) is 32.2 Å². The quantitative estimate of drug-likeness (QED) is 0.914. The largest absolute Gasteiger partial charge is 0.326 e. The van der Waals surface area contributed by atoms with Crippen LogP contribution in [0, 0.1) is 6.92 Å². The summed E-state index contributed by atoms with van der Waals surface area (Å²) in [6.07, 6.45) is 4.86. The van der Waals surface area contributed by atoms with Crippen LogP contribution in [-0.4, -0.2) is 32.3 Å². The molecule has 1 N–H and O–H groups in total. The summed E-state index contributed by atoms with van der Waals surface area (Å²) in [6.45, 7) is 4.39. The summed E-state index contributed by atoms with van der Waals surface area (Å²) >= 11 is 0. The highest BCUT2D eigenvalue weighted by Gasteiger charge is 2.43. The number of hydrogen-bond donors (Lipinski definition) is 1. The minimum absolute atomic E-state index is 0.0634. The summed E-state index contributed by atoms with van der Waals surface area (Å²) in [6, 6.07) is 4.86. The summed E-state index contributed by atoms with van der Waals surface area (Å²) in [7, 11) is 0. The topological polar surface area (TPSA) is 79.0 Å². The maximum atomic E-state index is 12.8. The Morgan fingerprint density at radius 1 is 1.36 bits per heavy atom. The first-order chi connectivity index (χ1) is 10.5. The Morgan fingerprint density at radius 2 is 2.09 bits per heavy atom. The highest BCUT2D eigenvalue weighted by atomic mass is 16.2. The van der Waals surface area contributed by atoms with Gasteiger partial charge in [-0.2, -0.15) is 0 Å². The first kappa shape index (κ1) is 14.4. The van der Waals surface area contributed by atoms with Gasteiger partial charge in [-0.3, -0.25) is 14.6 Å². The molecule has 1 aliphatic heterocycles. The monoisotopic (exact) mass is 298 g/mol. The van der Waals surface area contributed by atoms with E-state index in [1.807, 2.05) is 6.92 Å². The number of aryl methyl sites for hydroxylation is 1. The van der Waals surface area contributed by atoms with Crippen molar-refractivity contribution in [1.82, 2.24) is 19.9 Å². The van der Waals surface area contributed by atoms with Gasteiger partial charge in [0.25, 0.3) is 11.5 Å². The fourth-order valence-corrected chi connectivity index (χ4v) is 3.02. The number of aromatic nitrogens is 3. The van der Waals surface area contributed by atoms with Gasteiger partial charge >= 0.3 is 0 Å². The Kier molecular flexibility index (Phi) is 3.52. The third-order valence-electron chi connectivity index (χ3n) is 4.19. The number of aromatic amines is 1. The van der Waals surface area contributed by atoms with Gasteiger partial charge in [-0.1, -0.05) is 0 Å². The maximum Gasteiger partial charge on any atom is 0.254 e. The molecular formula is C16H18N4O2. The number of likely N-dealkylation sites (tertiary alicyclic amines) is 1. The van der Waals surface area contributed by atoms with Crippen molar-refractivity contribution in [3.63, 3.8) is 0 Å². The fourth-order valence-electron chi connectivity index (χ4n) is 3.02. The minimum Gasteiger partial charge on any atom is -0.326 e. The molecule has 3 rings (SSSR count). The molecule has 22 heavy (non-hydrogen) atoms. The van der Waals surface area contributed by atoms with Gasteiger partial charge in [0.2, 0.25) is 0 Å². The normalized spacial score (nSPS) is 21.1. The number of hydrogen-bond acceptors (Lipinski definition) is 4. The number of pyridine rings is 1. The summed E-state index contributed by atoms with van der Waals surface area (Å²) in [5.41, 5.74) is 0.471. The minimum atomic E-state index is -0.592. The van der Waals surface area contributed by atoms with Gasteiger partial charge in [-0.05, 0) is 38.8 Å². The Bertz CT molecular complexity index is 756. The van der Waals surface area contributed by atoms with Crippen molar-refractivity contribution in [2.75, 3.05) is 6.54 Å². The van der Waals surface area contributed by atoms with E-state index in [9.17, 15) is 9.59 Å². The van der Waals surface area contributed by atoms with Crippen LogP contribution in [0.2, 0.25) is 0 Å². The lowest BCUT2D eigenvalue weighted by molar-refractivity contribution is 0.0603. The van der Waals surface area contributed by atoms with E-state index in [-0.39, 0.29) is 11.5 Å². The SMILES string of the molecule is Cc1cc(=O)[nH]c([C@@]2(C)CCCN2C(=O)c2ccncc2)n1. The molecule has 0 unspecified atom stereocenters. The summed E-state index contributed by atoms with van der Waals surface area (Å²) in [5.74, 6) is 0.490. The Morgan fingerprint density at radius 3 is 2.77 bits per heavy atom. The van der Waals surface area contributed by atoms with Gasteiger partial charge < -0.3 is 9.88 Å². The van der Waals surface area contributed by atoms with Crippen LogP contribution in [0.1, 0.15) is 41.6 Å². The highest BCUT2D eigenvalue weighted by Crippen LogP contribution is 2.37. The first-order valence-electron chi connectivity index (χ1n) is 7.31. The van der Waals surface area contributed by atoms with E-state index in [4.69, 9.17) is 0 Å². The number of amides is 1. The van der Waals surface area contributed by atoms with Crippen LogP contribution < -0.4 is 5.56 Å². The average Bonchev–Trinajstić information content (AvgIpc) is 2.90. The lowest BCUT2D eigenvalue weighted by Gasteiger charge is -2.34. The Hall–Kier alpha value is -2.50. The Balaban J connectivity index is 2.01. The molecule has 6 nitrogen and oxygen atoms in total. The van der Waals surface area contributed by atoms with Crippen LogP contribution >= 0.6 is 0 Å². The predicted octanol–water partition coefficient (Wildman–Crippen LogP) is 1.62. The molecule has 1 amide bonds. The zero-order valence-electron chi connectivity index (χ0n) is 12.7. The number of nitrogens with zero attached hydrogens (tertiary/aromatic N) is 3. The van der Waals surface area contributed by atoms with E-state index in [1.54, 1.807) is 36.4 Å². The van der Waals surface area contributed by atoms with Crippen LogP contribution in [0.25, 0.3) is 0 Å². The van der Waals surface area contributed by atoms with E-state index in [0.29, 0.717) is 23.6 Å². The second-order valence-corrected chi connectivity index (χ2v) is 5.81. The zero-order chi connectivity index (χ0) is 15.7. The molecule has 0 bridgehead atoms. The molecule has 1 atom stereocenters. The third-order valence-corrected chi connectivity index (χ3v) is 4.19. The van der Waals surface area contributed by atoms with Crippen molar-refractivity contribution in [2.24, 2.45) is 0 Å². The lowest BCUT2D eigenvalue weighted by Crippen LogP contribution is -2.44. The zero-order valence-corrected chi connectivity index (χ0v) is 12.7. The Labute approximate surface area is 128 Å². The molecule has 1 aliphatic rings. The van der Waals surface area contributed by atoms with Crippen LogP contribution in [0.3, 0.4) is 0 Å². The van der Waals surface area contributed by atoms with Crippen LogP contribution in [-0.2, 0) is 5.54 Å². The number of carbonyl (C=O) groups is 1. The molecule has 2 aromatic heterocycles. The molecule has 1 saturated heterocycles. The van der Waals surface area contributed by atoms with Gasteiger partial charge in [-0.25, -0.2) is 4.98 Å². The predicted molar refractivity (Wildman–Crippen MR) is 81.5 cm³/mol. The number of rotatable bonds is 2. The molecule has 0 aromatic carbocycles. The molecule has 0 spiro atoms. The second kappa shape index (κ2) is 5.36.